The summed E-state index contributed by atoms with van der Waals surface area (Å²) in [6, 6.07) is 22.0. The molecule has 6 heteroatoms. The van der Waals surface area contributed by atoms with Gasteiger partial charge in [0.15, 0.2) is 11.5 Å². The van der Waals surface area contributed by atoms with E-state index in [0.29, 0.717) is 11.0 Å². The van der Waals surface area contributed by atoms with E-state index in [-0.39, 0.29) is 5.56 Å². The normalized spacial score (nSPS) is 14.1. The third-order valence-electron chi connectivity index (χ3n) is 5.40. The number of fused-ring (bicyclic) bond motifs is 4. The average Bonchev–Trinajstić information content (AvgIpc) is 3.30. The van der Waals surface area contributed by atoms with Gasteiger partial charge in [-0.1, -0.05) is 60.7 Å². The van der Waals surface area contributed by atoms with Crippen molar-refractivity contribution in [2.24, 2.45) is 0 Å². The van der Waals surface area contributed by atoms with Crippen molar-refractivity contribution in [2.45, 2.75) is 19.3 Å². The first kappa shape index (κ1) is 18.8. The van der Waals surface area contributed by atoms with Gasteiger partial charge in [0.05, 0.1) is 5.39 Å². The number of hydrogen-bond donors (Lipinski definition) is 0. The van der Waals surface area contributed by atoms with Gasteiger partial charge >= 0.3 is 0 Å². The number of rotatable bonds is 1. The van der Waals surface area contributed by atoms with Gasteiger partial charge in [0.2, 0.25) is 0 Å². The van der Waals surface area contributed by atoms with Crippen LogP contribution in [-0.2, 0) is 0 Å². The summed E-state index contributed by atoms with van der Waals surface area (Å²) in [4.78, 5) is 20.7. The van der Waals surface area contributed by atoms with E-state index in [0.717, 1.165) is 34.5 Å². The van der Waals surface area contributed by atoms with Crippen molar-refractivity contribution in [1.82, 2.24) is 14.6 Å². The van der Waals surface area contributed by atoms with Gasteiger partial charge in [-0.3, -0.25) is 4.79 Å². The lowest BCUT2D eigenvalue weighted by Crippen LogP contribution is -2.32. The first-order valence-corrected chi connectivity index (χ1v) is 11.1. The van der Waals surface area contributed by atoms with Crippen LogP contribution in [0.5, 0.6) is 0 Å². The molecular formula is C24H22N4OS. The Balaban J connectivity index is 0.000000279. The molecule has 0 spiro atoms. The van der Waals surface area contributed by atoms with E-state index in [1.807, 2.05) is 66.0 Å². The third-order valence-corrected chi connectivity index (χ3v) is 6.21. The van der Waals surface area contributed by atoms with Crippen LogP contribution in [0.15, 0.2) is 76.9 Å². The molecule has 1 aliphatic rings. The zero-order chi connectivity index (χ0) is 20.3. The van der Waals surface area contributed by atoms with Gasteiger partial charge < -0.3 is 4.90 Å². The first-order chi connectivity index (χ1) is 14.8. The molecular weight excluding hydrogens is 392 g/mol. The van der Waals surface area contributed by atoms with Gasteiger partial charge in [-0.25, -0.2) is 4.98 Å². The highest BCUT2D eigenvalue weighted by molar-refractivity contribution is 7.16. The smallest absolute Gasteiger partial charge is 0.283 e. The molecule has 4 heterocycles. The minimum absolute atomic E-state index is 0.0831. The maximum atomic E-state index is 12.9. The zero-order valence-electron chi connectivity index (χ0n) is 16.6. The number of thiophene rings is 1. The number of aromatic nitrogens is 3. The van der Waals surface area contributed by atoms with Crippen molar-refractivity contribution in [3.63, 3.8) is 0 Å². The van der Waals surface area contributed by atoms with E-state index >= 15 is 0 Å². The monoisotopic (exact) mass is 414 g/mol. The summed E-state index contributed by atoms with van der Waals surface area (Å²) in [5.41, 5.74) is 0.562. The van der Waals surface area contributed by atoms with Gasteiger partial charge in [-0.15, -0.1) is 16.4 Å². The summed E-state index contributed by atoms with van der Waals surface area (Å²) in [7, 11) is 0. The fourth-order valence-corrected chi connectivity index (χ4v) is 4.67. The number of hydrogen-bond acceptors (Lipinski definition) is 5. The van der Waals surface area contributed by atoms with E-state index < -0.39 is 0 Å². The molecule has 150 valence electrons. The van der Waals surface area contributed by atoms with Crippen LogP contribution >= 0.6 is 11.3 Å². The van der Waals surface area contributed by atoms with Crippen LogP contribution in [0.1, 0.15) is 19.3 Å². The quantitative estimate of drug-likeness (QED) is 0.357. The number of piperidine rings is 1. The third kappa shape index (κ3) is 3.44. The zero-order valence-corrected chi connectivity index (χ0v) is 17.4. The molecule has 0 amide bonds. The highest BCUT2D eigenvalue weighted by Gasteiger charge is 2.19. The summed E-state index contributed by atoms with van der Waals surface area (Å²) in [6.45, 7) is 1.98. The second-order valence-electron chi connectivity index (χ2n) is 7.36. The Morgan fingerprint density at radius 1 is 0.767 bits per heavy atom. The fraction of sp³-hybridized carbons (Fsp3) is 0.208. The molecule has 0 radical (unpaired) electrons. The summed E-state index contributed by atoms with van der Waals surface area (Å²) in [5, 5.41) is 9.34. The maximum absolute atomic E-state index is 12.9. The van der Waals surface area contributed by atoms with Crippen molar-refractivity contribution in [3.8, 4) is 0 Å². The largest absolute Gasteiger partial charge is 0.355 e. The van der Waals surface area contributed by atoms with Crippen LogP contribution in [0, 0.1) is 0 Å². The predicted molar refractivity (Wildman–Crippen MR) is 125 cm³/mol. The van der Waals surface area contributed by atoms with Gasteiger partial charge in [0, 0.05) is 23.9 Å². The average molecular weight is 415 g/mol. The molecule has 2 aromatic carbocycles. The first-order valence-electron chi connectivity index (χ1n) is 10.3. The van der Waals surface area contributed by atoms with Gasteiger partial charge in [0.1, 0.15) is 4.83 Å². The molecule has 6 rings (SSSR count). The summed E-state index contributed by atoms with van der Waals surface area (Å²) >= 11 is 1.49. The predicted octanol–water partition coefficient (Wildman–Crippen LogP) is 5.13. The fourth-order valence-electron chi connectivity index (χ4n) is 3.92. The van der Waals surface area contributed by atoms with Crippen molar-refractivity contribution in [2.75, 3.05) is 18.0 Å². The van der Waals surface area contributed by atoms with Gasteiger partial charge in [0.25, 0.3) is 5.56 Å². The molecule has 1 saturated heterocycles. The Kier molecular flexibility index (Phi) is 5.15. The van der Waals surface area contributed by atoms with Crippen LogP contribution in [0.4, 0.5) is 5.82 Å². The molecule has 0 unspecified atom stereocenters. The Morgan fingerprint density at radius 2 is 1.43 bits per heavy atom. The molecule has 0 saturated carbocycles. The Morgan fingerprint density at radius 3 is 2.13 bits per heavy atom. The van der Waals surface area contributed by atoms with Crippen LogP contribution in [0.3, 0.4) is 0 Å². The molecule has 0 N–H and O–H groups in total. The highest BCUT2D eigenvalue weighted by Crippen LogP contribution is 2.29. The number of nitrogens with zero attached hydrogens (tertiary/aromatic N) is 4. The van der Waals surface area contributed by atoms with E-state index in [1.165, 1.54) is 35.1 Å². The lowest BCUT2D eigenvalue weighted by Gasteiger charge is -2.28. The second kappa shape index (κ2) is 8.24. The van der Waals surface area contributed by atoms with E-state index in [1.54, 1.807) is 0 Å². The molecule has 1 fully saturated rings. The second-order valence-corrected chi connectivity index (χ2v) is 8.26. The van der Waals surface area contributed by atoms with Crippen molar-refractivity contribution >= 4 is 43.8 Å². The molecule has 0 atom stereocenters. The molecule has 5 aromatic rings. The van der Waals surface area contributed by atoms with Gasteiger partial charge in [-0.05, 0) is 30.7 Å². The van der Waals surface area contributed by atoms with Crippen molar-refractivity contribution in [3.05, 3.63) is 82.5 Å². The molecule has 30 heavy (non-hydrogen) atoms. The number of anilines is 1. The summed E-state index contributed by atoms with van der Waals surface area (Å²) in [5.74, 6) is 0.899. The SMILES string of the molecule is O=c1c2ccsc2nc2c3ccccc3c(N3CCCCC3)nn12.c1ccccc1. The van der Waals surface area contributed by atoms with E-state index in [2.05, 4.69) is 11.0 Å². The van der Waals surface area contributed by atoms with E-state index in [9.17, 15) is 4.79 Å². The van der Waals surface area contributed by atoms with Crippen LogP contribution < -0.4 is 10.5 Å². The lowest BCUT2D eigenvalue weighted by molar-refractivity contribution is 0.571. The maximum Gasteiger partial charge on any atom is 0.283 e. The van der Waals surface area contributed by atoms with Crippen molar-refractivity contribution in [1.29, 1.82) is 0 Å². The standard InChI is InChI=1S/C18H16N4OS.C6H6/c23-18-14-8-11-24-17(14)19-15-12-6-2-3-7-13(12)16(20-22(15)18)21-9-4-1-5-10-21;1-2-4-6-5-3-1/h2-3,6-8,11H,1,4-5,9-10H2;1-6H. The van der Waals surface area contributed by atoms with Crippen molar-refractivity contribution < 1.29 is 0 Å². The summed E-state index contributed by atoms with van der Waals surface area (Å²) in [6.07, 6.45) is 3.61. The summed E-state index contributed by atoms with van der Waals surface area (Å²) < 4.78 is 1.49. The Hall–Kier alpha value is -3.25. The minimum atomic E-state index is -0.0831. The molecule has 3 aromatic heterocycles. The molecule has 0 aliphatic carbocycles. The topological polar surface area (TPSA) is 50.5 Å². The Bertz CT molecular complexity index is 1330. The van der Waals surface area contributed by atoms with E-state index in [4.69, 9.17) is 10.1 Å². The van der Waals surface area contributed by atoms with Crippen LogP contribution in [0.25, 0.3) is 26.6 Å². The van der Waals surface area contributed by atoms with Crippen LogP contribution in [0.2, 0.25) is 0 Å². The lowest BCUT2D eigenvalue weighted by atomic mass is 10.1. The molecule has 0 bridgehead atoms. The highest BCUT2D eigenvalue weighted by atomic mass is 32.1. The number of benzene rings is 2. The molecule has 5 nitrogen and oxygen atoms in total. The Labute approximate surface area is 178 Å². The van der Waals surface area contributed by atoms with Crippen LogP contribution in [-0.4, -0.2) is 27.7 Å². The molecule has 1 aliphatic heterocycles. The van der Waals surface area contributed by atoms with Gasteiger partial charge in [-0.2, -0.15) is 4.52 Å². The minimum Gasteiger partial charge on any atom is -0.355 e.